The molecular weight excluding hydrogens is 316 g/mol. The summed E-state index contributed by atoms with van der Waals surface area (Å²) in [5, 5.41) is 12.7. The number of carbonyl (C=O) groups excluding carboxylic acids is 1. The number of carboxylic acid groups (broad SMARTS) is 1. The lowest BCUT2D eigenvalue weighted by Crippen LogP contribution is -2.32. The molecule has 0 aliphatic heterocycles. The van der Waals surface area contributed by atoms with Gasteiger partial charge in [-0.25, -0.2) is 17.9 Å². The summed E-state index contributed by atoms with van der Waals surface area (Å²) in [7, 11) is -3.78. The highest BCUT2D eigenvalue weighted by atomic mass is 32.2. The molecule has 118 valence electrons. The molecular formula is C12H18N2O5S2. The first-order valence-corrected chi connectivity index (χ1v) is 8.67. The van der Waals surface area contributed by atoms with Gasteiger partial charge in [-0.1, -0.05) is 13.8 Å². The number of aromatic carboxylic acids is 1. The fourth-order valence-corrected chi connectivity index (χ4v) is 3.50. The number of rotatable bonds is 8. The summed E-state index contributed by atoms with van der Waals surface area (Å²) in [4.78, 5) is 22.0. The van der Waals surface area contributed by atoms with E-state index in [9.17, 15) is 18.0 Å². The van der Waals surface area contributed by atoms with E-state index in [0.29, 0.717) is 12.5 Å². The quantitative estimate of drug-likeness (QED) is 0.653. The maximum absolute atomic E-state index is 11.9. The largest absolute Gasteiger partial charge is 0.477 e. The van der Waals surface area contributed by atoms with Crippen LogP contribution >= 0.6 is 11.3 Å². The minimum Gasteiger partial charge on any atom is -0.477 e. The van der Waals surface area contributed by atoms with E-state index < -0.39 is 16.0 Å². The Hall–Kier alpha value is -1.45. The molecule has 0 saturated heterocycles. The van der Waals surface area contributed by atoms with Crippen LogP contribution < -0.4 is 10.0 Å². The van der Waals surface area contributed by atoms with Gasteiger partial charge in [0.2, 0.25) is 15.9 Å². The topological polar surface area (TPSA) is 113 Å². The standard InChI is InChI=1S/C12H18N2O5S2/c1-8(2)6-13-11(15)3-4-14-21(18,19)9-5-10(12(16)17)20-7-9/h5,7-8,14H,3-4,6H2,1-2H3,(H,13,15)(H,16,17). The maximum Gasteiger partial charge on any atom is 0.345 e. The van der Waals surface area contributed by atoms with E-state index in [4.69, 9.17) is 5.11 Å². The van der Waals surface area contributed by atoms with Crippen LogP contribution in [0.4, 0.5) is 0 Å². The van der Waals surface area contributed by atoms with Crippen LogP contribution in [0, 0.1) is 5.92 Å². The van der Waals surface area contributed by atoms with Gasteiger partial charge in [0.1, 0.15) is 4.88 Å². The summed E-state index contributed by atoms with van der Waals surface area (Å²) >= 11 is 0.838. The van der Waals surface area contributed by atoms with Gasteiger partial charge in [-0.05, 0) is 12.0 Å². The van der Waals surface area contributed by atoms with Crippen molar-refractivity contribution in [2.24, 2.45) is 5.92 Å². The van der Waals surface area contributed by atoms with Crippen molar-refractivity contribution in [2.45, 2.75) is 25.2 Å². The molecule has 0 bridgehead atoms. The molecule has 21 heavy (non-hydrogen) atoms. The van der Waals surface area contributed by atoms with Crippen molar-refractivity contribution in [1.29, 1.82) is 0 Å². The Bertz CT molecular complexity index is 607. The summed E-state index contributed by atoms with van der Waals surface area (Å²) in [5.41, 5.74) is 0. The first kappa shape index (κ1) is 17.6. The van der Waals surface area contributed by atoms with Gasteiger partial charge in [0.05, 0.1) is 4.90 Å². The summed E-state index contributed by atoms with van der Waals surface area (Å²) < 4.78 is 26.0. The van der Waals surface area contributed by atoms with E-state index in [0.717, 1.165) is 17.4 Å². The van der Waals surface area contributed by atoms with E-state index in [1.807, 2.05) is 13.8 Å². The highest BCUT2D eigenvalue weighted by Crippen LogP contribution is 2.18. The second kappa shape index (κ2) is 7.53. The Kier molecular flexibility index (Phi) is 6.31. The molecule has 1 aromatic rings. The van der Waals surface area contributed by atoms with E-state index >= 15 is 0 Å². The molecule has 0 aliphatic carbocycles. The molecule has 7 nitrogen and oxygen atoms in total. The lowest BCUT2D eigenvalue weighted by molar-refractivity contribution is -0.121. The van der Waals surface area contributed by atoms with Gasteiger partial charge in [0.15, 0.2) is 0 Å². The molecule has 0 aromatic carbocycles. The third-order valence-electron chi connectivity index (χ3n) is 2.45. The molecule has 0 saturated carbocycles. The normalized spacial score (nSPS) is 11.6. The zero-order valence-corrected chi connectivity index (χ0v) is 13.4. The van der Waals surface area contributed by atoms with E-state index in [2.05, 4.69) is 10.0 Å². The summed E-state index contributed by atoms with van der Waals surface area (Å²) in [5.74, 6) is -1.08. The van der Waals surface area contributed by atoms with Crippen LogP contribution in [-0.4, -0.2) is 38.5 Å². The van der Waals surface area contributed by atoms with Gasteiger partial charge in [0.25, 0.3) is 0 Å². The molecule has 1 rings (SSSR count). The summed E-state index contributed by atoms with van der Waals surface area (Å²) in [6.45, 7) is 4.42. The molecule has 0 fully saturated rings. The molecule has 0 atom stereocenters. The zero-order chi connectivity index (χ0) is 16.0. The van der Waals surface area contributed by atoms with Crippen LogP contribution in [-0.2, 0) is 14.8 Å². The van der Waals surface area contributed by atoms with Crippen molar-refractivity contribution < 1.29 is 23.1 Å². The number of amides is 1. The highest BCUT2D eigenvalue weighted by Gasteiger charge is 2.18. The number of hydrogen-bond donors (Lipinski definition) is 3. The van der Waals surface area contributed by atoms with Crippen LogP contribution in [0.15, 0.2) is 16.3 Å². The highest BCUT2D eigenvalue weighted by molar-refractivity contribution is 7.89. The summed E-state index contributed by atoms with van der Waals surface area (Å²) in [6, 6.07) is 1.09. The fraction of sp³-hybridized carbons (Fsp3) is 0.500. The predicted octanol–water partition coefficient (Wildman–Crippen LogP) is 0.887. The van der Waals surface area contributed by atoms with Crippen molar-refractivity contribution in [3.8, 4) is 0 Å². The number of carboxylic acids is 1. The second-order valence-corrected chi connectivity index (χ2v) is 7.48. The number of hydrogen-bond acceptors (Lipinski definition) is 5. The van der Waals surface area contributed by atoms with Gasteiger partial charge in [-0.15, -0.1) is 11.3 Å². The number of thiophene rings is 1. The lowest BCUT2D eigenvalue weighted by Gasteiger charge is -2.08. The van der Waals surface area contributed by atoms with Crippen LogP contribution in [0.1, 0.15) is 29.9 Å². The third-order valence-corrected chi connectivity index (χ3v) is 4.96. The second-order valence-electron chi connectivity index (χ2n) is 4.80. The predicted molar refractivity (Wildman–Crippen MR) is 78.9 cm³/mol. The van der Waals surface area contributed by atoms with Gasteiger partial charge in [-0.3, -0.25) is 4.79 Å². The van der Waals surface area contributed by atoms with Crippen molar-refractivity contribution in [3.05, 3.63) is 16.3 Å². The number of nitrogens with one attached hydrogen (secondary N) is 2. The molecule has 1 heterocycles. The number of sulfonamides is 1. The first-order chi connectivity index (χ1) is 9.72. The monoisotopic (exact) mass is 334 g/mol. The average Bonchev–Trinajstić information content (AvgIpc) is 2.86. The van der Waals surface area contributed by atoms with Crippen molar-refractivity contribution in [2.75, 3.05) is 13.1 Å². The molecule has 1 aromatic heterocycles. The van der Waals surface area contributed by atoms with Crippen LogP contribution in [0.25, 0.3) is 0 Å². The molecule has 0 unspecified atom stereocenters. The van der Waals surface area contributed by atoms with Gasteiger partial charge in [-0.2, -0.15) is 0 Å². The van der Waals surface area contributed by atoms with Crippen LogP contribution in [0.5, 0.6) is 0 Å². The maximum atomic E-state index is 11.9. The Morgan fingerprint density at radius 3 is 2.57 bits per heavy atom. The molecule has 3 N–H and O–H groups in total. The summed E-state index contributed by atoms with van der Waals surface area (Å²) in [6.07, 6.45) is 0.0296. The van der Waals surface area contributed by atoms with E-state index in [1.54, 1.807) is 0 Å². The van der Waals surface area contributed by atoms with Crippen molar-refractivity contribution in [1.82, 2.24) is 10.0 Å². The minimum atomic E-state index is -3.78. The van der Waals surface area contributed by atoms with Gasteiger partial charge < -0.3 is 10.4 Å². The first-order valence-electron chi connectivity index (χ1n) is 6.30. The van der Waals surface area contributed by atoms with E-state index in [-0.39, 0.29) is 28.6 Å². The SMILES string of the molecule is CC(C)CNC(=O)CCNS(=O)(=O)c1csc(C(=O)O)c1. The Labute approximate surface area is 127 Å². The van der Waals surface area contributed by atoms with E-state index in [1.165, 1.54) is 5.38 Å². The average molecular weight is 334 g/mol. The van der Waals surface area contributed by atoms with Crippen molar-refractivity contribution >= 4 is 33.2 Å². The van der Waals surface area contributed by atoms with Crippen LogP contribution in [0.3, 0.4) is 0 Å². The lowest BCUT2D eigenvalue weighted by atomic mass is 10.2. The molecule has 0 radical (unpaired) electrons. The molecule has 9 heteroatoms. The third kappa shape index (κ3) is 5.82. The van der Waals surface area contributed by atoms with Gasteiger partial charge >= 0.3 is 5.97 Å². The minimum absolute atomic E-state index is 0.0296. The molecule has 1 amide bonds. The van der Waals surface area contributed by atoms with Crippen molar-refractivity contribution in [3.63, 3.8) is 0 Å². The Morgan fingerprint density at radius 2 is 2.05 bits per heavy atom. The van der Waals surface area contributed by atoms with Crippen LogP contribution in [0.2, 0.25) is 0 Å². The molecule has 0 spiro atoms. The molecule has 0 aliphatic rings. The Morgan fingerprint density at radius 1 is 1.38 bits per heavy atom. The van der Waals surface area contributed by atoms with Gasteiger partial charge in [0, 0.05) is 24.9 Å². The fourth-order valence-electron chi connectivity index (χ4n) is 1.36. The number of carbonyl (C=O) groups is 2. The smallest absolute Gasteiger partial charge is 0.345 e. The Balaban J connectivity index is 2.49. The zero-order valence-electron chi connectivity index (χ0n) is 11.8.